The zero-order chi connectivity index (χ0) is 20.5. The summed E-state index contributed by atoms with van der Waals surface area (Å²) in [7, 11) is 0. The second-order valence-corrected chi connectivity index (χ2v) is 6.33. The van der Waals surface area contributed by atoms with Crippen molar-refractivity contribution in [3.05, 3.63) is 90.2 Å². The molecule has 3 rings (SSSR count). The van der Waals surface area contributed by atoms with Gasteiger partial charge in [0.1, 0.15) is 30.5 Å². The van der Waals surface area contributed by atoms with Crippen LogP contribution < -0.4 is 20.1 Å². The highest BCUT2D eigenvalue weighted by Crippen LogP contribution is 2.18. The number of amides is 1. The molecule has 0 aliphatic carbocycles. The molecular weight excluding hydrogens is 391 g/mol. The van der Waals surface area contributed by atoms with E-state index in [4.69, 9.17) is 21.7 Å². The number of carbonyl (C=O) groups excluding carboxylic acids is 1. The van der Waals surface area contributed by atoms with Crippen molar-refractivity contribution in [3.8, 4) is 11.5 Å². The molecule has 2 N–H and O–H groups in total. The minimum absolute atomic E-state index is 0.101. The molecule has 3 aromatic rings. The molecule has 0 aliphatic rings. The van der Waals surface area contributed by atoms with Gasteiger partial charge in [0.15, 0.2) is 5.11 Å². The summed E-state index contributed by atoms with van der Waals surface area (Å²) in [5, 5.41) is 5.52. The van der Waals surface area contributed by atoms with Crippen LogP contribution in [0.25, 0.3) is 0 Å². The zero-order valence-corrected chi connectivity index (χ0v) is 16.2. The van der Waals surface area contributed by atoms with Gasteiger partial charge in [-0.05, 0) is 60.7 Å². The molecule has 0 saturated heterocycles. The maximum absolute atomic E-state index is 13.0. The summed E-state index contributed by atoms with van der Waals surface area (Å²) in [4.78, 5) is 12.6. The van der Waals surface area contributed by atoms with Crippen molar-refractivity contribution >= 4 is 28.9 Å². The smallest absolute Gasteiger partial charge is 0.261 e. The van der Waals surface area contributed by atoms with Crippen LogP contribution in [0.4, 0.5) is 10.1 Å². The molecular formula is C22H19FN2O3S. The van der Waals surface area contributed by atoms with Crippen LogP contribution in [0.1, 0.15) is 10.4 Å². The number of anilines is 1. The molecule has 7 heteroatoms. The molecule has 29 heavy (non-hydrogen) atoms. The van der Waals surface area contributed by atoms with Crippen LogP contribution in [0.2, 0.25) is 0 Å². The predicted octanol–water partition coefficient (Wildman–Crippen LogP) is 4.41. The number of carbonyl (C=O) groups is 1. The van der Waals surface area contributed by atoms with E-state index < -0.39 is 5.91 Å². The molecule has 1 amide bonds. The van der Waals surface area contributed by atoms with Gasteiger partial charge < -0.3 is 14.8 Å². The lowest BCUT2D eigenvalue weighted by atomic mass is 10.2. The highest BCUT2D eigenvalue weighted by Gasteiger charge is 2.13. The average Bonchev–Trinajstić information content (AvgIpc) is 2.74. The Kier molecular flexibility index (Phi) is 7.13. The van der Waals surface area contributed by atoms with Gasteiger partial charge in [-0.2, -0.15) is 0 Å². The topological polar surface area (TPSA) is 59.6 Å². The minimum atomic E-state index is -0.413. The van der Waals surface area contributed by atoms with Crippen molar-refractivity contribution in [1.82, 2.24) is 5.32 Å². The van der Waals surface area contributed by atoms with Crippen molar-refractivity contribution in [3.63, 3.8) is 0 Å². The van der Waals surface area contributed by atoms with Gasteiger partial charge in [0.2, 0.25) is 0 Å². The molecule has 0 radical (unpaired) electrons. The van der Waals surface area contributed by atoms with Crippen LogP contribution in [0, 0.1) is 5.82 Å². The first-order valence-corrected chi connectivity index (χ1v) is 9.30. The molecule has 0 atom stereocenters. The van der Waals surface area contributed by atoms with E-state index in [1.54, 1.807) is 24.3 Å². The van der Waals surface area contributed by atoms with E-state index in [0.717, 1.165) is 5.75 Å². The third-order valence-corrected chi connectivity index (χ3v) is 4.02. The Morgan fingerprint density at radius 3 is 2.28 bits per heavy atom. The van der Waals surface area contributed by atoms with Crippen LogP contribution in [-0.2, 0) is 0 Å². The normalized spacial score (nSPS) is 10.1. The summed E-state index contributed by atoms with van der Waals surface area (Å²) in [6.45, 7) is 0.613. The molecule has 0 spiro atoms. The Morgan fingerprint density at radius 1 is 0.862 bits per heavy atom. The summed E-state index contributed by atoms with van der Waals surface area (Å²) in [6.07, 6.45) is 0. The quantitative estimate of drug-likeness (QED) is 0.446. The molecule has 0 unspecified atom stereocenters. The number of hydrogen-bond donors (Lipinski definition) is 2. The Labute approximate surface area is 173 Å². The fourth-order valence-corrected chi connectivity index (χ4v) is 2.68. The molecule has 0 fully saturated rings. The van der Waals surface area contributed by atoms with Crippen LogP contribution in [0.15, 0.2) is 78.9 Å². The molecule has 0 saturated carbocycles. The van der Waals surface area contributed by atoms with E-state index >= 15 is 0 Å². The first kappa shape index (κ1) is 20.3. The highest BCUT2D eigenvalue weighted by atomic mass is 32.1. The van der Waals surface area contributed by atoms with E-state index in [2.05, 4.69) is 10.6 Å². The lowest BCUT2D eigenvalue weighted by molar-refractivity contribution is 0.0972. The van der Waals surface area contributed by atoms with Gasteiger partial charge in [-0.1, -0.05) is 30.3 Å². The van der Waals surface area contributed by atoms with Crippen LogP contribution in [0.3, 0.4) is 0 Å². The van der Waals surface area contributed by atoms with Gasteiger partial charge in [-0.25, -0.2) is 4.39 Å². The summed E-state index contributed by atoms with van der Waals surface area (Å²) in [5.41, 5.74) is 0.912. The second-order valence-electron chi connectivity index (χ2n) is 5.92. The molecule has 3 aromatic carbocycles. The van der Waals surface area contributed by atoms with Crippen LogP contribution >= 0.6 is 12.2 Å². The van der Waals surface area contributed by atoms with E-state index in [-0.39, 0.29) is 17.5 Å². The first-order valence-electron chi connectivity index (χ1n) is 8.89. The van der Waals surface area contributed by atoms with Gasteiger partial charge in [0.25, 0.3) is 5.91 Å². The molecule has 0 bridgehead atoms. The van der Waals surface area contributed by atoms with Gasteiger partial charge in [0, 0.05) is 5.69 Å². The van der Waals surface area contributed by atoms with E-state index in [9.17, 15) is 9.18 Å². The predicted molar refractivity (Wildman–Crippen MR) is 114 cm³/mol. The third-order valence-electron chi connectivity index (χ3n) is 3.81. The fraction of sp³-hybridized carbons (Fsp3) is 0.0909. The second kappa shape index (κ2) is 10.2. The summed E-state index contributed by atoms with van der Waals surface area (Å²) in [6, 6.07) is 21.9. The number of para-hydroxylation sites is 2. The van der Waals surface area contributed by atoms with E-state index in [0.29, 0.717) is 23.6 Å². The van der Waals surface area contributed by atoms with E-state index in [1.165, 1.54) is 24.3 Å². The molecule has 0 aliphatic heterocycles. The molecule has 148 valence electrons. The first-order chi connectivity index (χ1) is 14.1. The fourth-order valence-electron chi connectivity index (χ4n) is 2.47. The van der Waals surface area contributed by atoms with Gasteiger partial charge >= 0.3 is 0 Å². The Morgan fingerprint density at radius 2 is 1.52 bits per heavy atom. The van der Waals surface area contributed by atoms with E-state index in [1.807, 2.05) is 30.3 Å². The van der Waals surface area contributed by atoms with Crippen LogP contribution in [0.5, 0.6) is 11.5 Å². The maximum atomic E-state index is 13.0. The molecule has 5 nitrogen and oxygen atoms in total. The average molecular weight is 410 g/mol. The lowest BCUT2D eigenvalue weighted by Gasteiger charge is -2.13. The number of nitrogens with one attached hydrogen (secondary N) is 2. The third kappa shape index (κ3) is 6.29. The number of thiocarbonyl (C=S) groups is 1. The maximum Gasteiger partial charge on any atom is 0.261 e. The van der Waals surface area contributed by atoms with Gasteiger partial charge in [-0.15, -0.1) is 0 Å². The van der Waals surface area contributed by atoms with Gasteiger partial charge in [0.05, 0.1) is 5.56 Å². The van der Waals surface area contributed by atoms with Crippen LogP contribution in [-0.4, -0.2) is 24.2 Å². The summed E-state index contributed by atoms with van der Waals surface area (Å²) >= 11 is 5.15. The SMILES string of the molecule is O=C(NC(=S)Nc1ccc(F)cc1)c1ccccc1OCCOc1ccccc1. The summed E-state index contributed by atoms with van der Waals surface area (Å²) < 4.78 is 24.3. The molecule has 0 aromatic heterocycles. The monoisotopic (exact) mass is 410 g/mol. The number of benzene rings is 3. The summed E-state index contributed by atoms with van der Waals surface area (Å²) in [5.74, 6) is 0.405. The Hall–Kier alpha value is -3.45. The number of hydrogen-bond acceptors (Lipinski definition) is 4. The lowest BCUT2D eigenvalue weighted by Crippen LogP contribution is -2.34. The number of halogens is 1. The highest BCUT2D eigenvalue weighted by molar-refractivity contribution is 7.80. The van der Waals surface area contributed by atoms with Gasteiger partial charge in [-0.3, -0.25) is 10.1 Å². The zero-order valence-electron chi connectivity index (χ0n) is 15.4. The van der Waals surface area contributed by atoms with Crippen molar-refractivity contribution in [2.45, 2.75) is 0 Å². The Bertz CT molecular complexity index is 965. The Balaban J connectivity index is 1.53. The number of rotatable bonds is 7. The van der Waals surface area contributed by atoms with Crippen molar-refractivity contribution in [1.29, 1.82) is 0 Å². The molecule has 0 heterocycles. The largest absolute Gasteiger partial charge is 0.490 e. The standard InChI is InChI=1S/C22H19FN2O3S/c23-16-10-12-17(13-11-16)24-22(29)25-21(26)19-8-4-5-9-20(19)28-15-14-27-18-6-2-1-3-7-18/h1-13H,14-15H2,(H2,24,25,26,29). The minimum Gasteiger partial charge on any atom is -0.490 e. The van der Waals surface area contributed by atoms with Crippen molar-refractivity contribution in [2.75, 3.05) is 18.5 Å². The van der Waals surface area contributed by atoms with Crippen molar-refractivity contribution < 1.29 is 18.7 Å². The number of ether oxygens (including phenoxy) is 2. The van der Waals surface area contributed by atoms with Crippen molar-refractivity contribution in [2.24, 2.45) is 0 Å².